The third-order valence-corrected chi connectivity index (χ3v) is 6.04. The Hall–Kier alpha value is -3.59. The molecule has 2 aromatic carbocycles. The molecule has 9 heteroatoms. The van der Waals surface area contributed by atoms with Crippen LogP contribution in [0.5, 0.6) is 17.2 Å². The molecule has 0 aromatic heterocycles. The first-order valence-corrected chi connectivity index (χ1v) is 11.4. The molecule has 2 heterocycles. The van der Waals surface area contributed by atoms with Crippen molar-refractivity contribution in [3.8, 4) is 17.2 Å². The van der Waals surface area contributed by atoms with Crippen molar-refractivity contribution in [2.75, 3.05) is 45.3 Å². The highest BCUT2D eigenvalue weighted by Gasteiger charge is 2.26. The van der Waals surface area contributed by atoms with Crippen molar-refractivity contribution in [3.05, 3.63) is 48.0 Å². The number of nitrogens with zero attached hydrogens (tertiary/aromatic N) is 1. The van der Waals surface area contributed by atoms with Gasteiger partial charge in [0, 0.05) is 36.2 Å². The molecule has 2 N–H and O–H groups in total. The summed E-state index contributed by atoms with van der Waals surface area (Å²) in [6.07, 6.45) is 1.69. The van der Waals surface area contributed by atoms with Gasteiger partial charge in [-0.1, -0.05) is 0 Å². The summed E-state index contributed by atoms with van der Waals surface area (Å²) in [5.74, 6) is 1.69. The number of anilines is 1. The van der Waals surface area contributed by atoms with Crippen molar-refractivity contribution < 1.29 is 28.6 Å². The Kier molecular flexibility index (Phi) is 7.64. The van der Waals surface area contributed by atoms with Gasteiger partial charge in [0.05, 0.1) is 7.11 Å². The van der Waals surface area contributed by atoms with Gasteiger partial charge >= 0.3 is 6.03 Å². The smallest absolute Gasteiger partial charge is 0.325 e. The van der Waals surface area contributed by atoms with Gasteiger partial charge in [-0.15, -0.1) is 0 Å². The minimum Gasteiger partial charge on any atom is -0.497 e. The molecule has 3 amide bonds. The molecule has 0 aliphatic carbocycles. The molecule has 2 aliphatic rings. The molecular weight excluding hydrogens is 438 g/mol. The second-order valence-corrected chi connectivity index (χ2v) is 8.32. The lowest BCUT2D eigenvalue weighted by Crippen LogP contribution is -2.40. The Morgan fingerprint density at radius 1 is 1.00 bits per heavy atom. The Balaban J connectivity index is 1.17. The van der Waals surface area contributed by atoms with Gasteiger partial charge in [0.15, 0.2) is 17.3 Å². The van der Waals surface area contributed by atoms with Crippen LogP contribution in [0.3, 0.4) is 0 Å². The highest BCUT2D eigenvalue weighted by Crippen LogP contribution is 2.32. The Bertz CT molecular complexity index is 1030. The Labute approximate surface area is 198 Å². The first kappa shape index (κ1) is 23.6. The first-order valence-electron chi connectivity index (χ1n) is 11.4. The standard InChI is InChI=1S/C25H29N3O6/c1-32-20-5-2-17(3-6-20)24(30)18-8-11-28(12-9-18)13-10-23(29)27-25(31)26-19-4-7-21-22(16-19)34-15-14-33-21/h2-7,16,18H,8-15H2,1H3,(H2,26,27,29,31). The molecule has 0 radical (unpaired) electrons. The lowest BCUT2D eigenvalue weighted by molar-refractivity contribution is -0.120. The van der Waals surface area contributed by atoms with E-state index >= 15 is 0 Å². The third kappa shape index (κ3) is 6.05. The zero-order valence-corrected chi connectivity index (χ0v) is 19.2. The molecule has 180 valence electrons. The van der Waals surface area contributed by atoms with Gasteiger partial charge in [-0.05, 0) is 62.3 Å². The van der Waals surface area contributed by atoms with Crippen molar-refractivity contribution in [1.29, 1.82) is 0 Å². The van der Waals surface area contributed by atoms with Crippen molar-refractivity contribution in [2.24, 2.45) is 5.92 Å². The van der Waals surface area contributed by atoms with E-state index in [0.29, 0.717) is 42.5 Å². The number of carbonyl (C=O) groups is 3. The Morgan fingerprint density at radius 3 is 2.41 bits per heavy atom. The molecule has 0 spiro atoms. The van der Waals surface area contributed by atoms with E-state index in [-0.39, 0.29) is 24.0 Å². The van der Waals surface area contributed by atoms with E-state index in [1.807, 2.05) is 0 Å². The maximum absolute atomic E-state index is 12.7. The van der Waals surface area contributed by atoms with Crippen molar-refractivity contribution >= 4 is 23.4 Å². The van der Waals surface area contributed by atoms with Gasteiger partial charge in [0.2, 0.25) is 5.91 Å². The summed E-state index contributed by atoms with van der Waals surface area (Å²) in [4.78, 5) is 39.3. The lowest BCUT2D eigenvalue weighted by atomic mass is 9.89. The van der Waals surface area contributed by atoms with Crippen LogP contribution in [0.15, 0.2) is 42.5 Å². The average molecular weight is 468 g/mol. The summed E-state index contributed by atoms with van der Waals surface area (Å²) in [5.41, 5.74) is 1.21. The van der Waals surface area contributed by atoms with Gasteiger partial charge in [0.25, 0.3) is 0 Å². The fraction of sp³-hybridized carbons (Fsp3) is 0.400. The van der Waals surface area contributed by atoms with Crippen LogP contribution in [0.25, 0.3) is 0 Å². The number of urea groups is 1. The molecule has 34 heavy (non-hydrogen) atoms. The number of Topliss-reactive ketones (excluding diaryl/α,β-unsaturated/α-hetero) is 1. The Morgan fingerprint density at radius 2 is 1.71 bits per heavy atom. The summed E-state index contributed by atoms with van der Waals surface area (Å²) in [5, 5.41) is 4.99. The first-order chi connectivity index (χ1) is 16.5. The summed E-state index contributed by atoms with van der Waals surface area (Å²) in [7, 11) is 1.60. The van der Waals surface area contributed by atoms with Gasteiger partial charge in [-0.25, -0.2) is 4.79 Å². The monoisotopic (exact) mass is 467 g/mol. The lowest BCUT2D eigenvalue weighted by Gasteiger charge is -2.31. The van der Waals surface area contributed by atoms with Crippen LogP contribution >= 0.6 is 0 Å². The molecule has 0 saturated carbocycles. The zero-order chi connectivity index (χ0) is 23.9. The minimum absolute atomic E-state index is 0.0183. The molecule has 0 unspecified atom stereocenters. The summed E-state index contributed by atoms with van der Waals surface area (Å²) in [6, 6.07) is 11.7. The number of rotatable bonds is 7. The SMILES string of the molecule is COc1ccc(C(=O)C2CCN(CCC(=O)NC(=O)Nc3ccc4c(c3)OCCO4)CC2)cc1. The minimum atomic E-state index is -0.592. The number of carbonyl (C=O) groups excluding carboxylic acids is 3. The van der Waals surface area contributed by atoms with Crippen LogP contribution in [0.4, 0.5) is 10.5 Å². The van der Waals surface area contributed by atoms with Gasteiger partial charge in [0.1, 0.15) is 19.0 Å². The highest BCUT2D eigenvalue weighted by molar-refractivity contribution is 6.01. The van der Waals surface area contributed by atoms with Crippen LogP contribution in [-0.2, 0) is 4.79 Å². The molecule has 4 rings (SSSR count). The van der Waals surface area contributed by atoms with Crippen molar-refractivity contribution in [1.82, 2.24) is 10.2 Å². The number of fused-ring (bicyclic) bond motifs is 1. The summed E-state index contributed by atoms with van der Waals surface area (Å²) < 4.78 is 16.1. The quantitative estimate of drug-likeness (QED) is 0.603. The van der Waals surface area contributed by atoms with Crippen molar-refractivity contribution in [3.63, 3.8) is 0 Å². The predicted molar refractivity (Wildman–Crippen MR) is 126 cm³/mol. The van der Waals surface area contributed by atoms with E-state index in [1.54, 1.807) is 49.6 Å². The van der Waals surface area contributed by atoms with E-state index in [4.69, 9.17) is 14.2 Å². The molecular formula is C25H29N3O6. The van der Waals surface area contributed by atoms with Crippen LogP contribution in [0, 0.1) is 5.92 Å². The number of ketones is 1. The molecule has 0 bridgehead atoms. The van der Waals surface area contributed by atoms with Crippen LogP contribution in [0.1, 0.15) is 29.6 Å². The van der Waals surface area contributed by atoms with E-state index in [1.165, 1.54) is 0 Å². The number of imide groups is 1. The van der Waals surface area contributed by atoms with E-state index in [0.717, 1.165) is 31.7 Å². The number of benzene rings is 2. The zero-order valence-electron chi connectivity index (χ0n) is 19.2. The van der Waals surface area contributed by atoms with Gasteiger partial charge in [-0.2, -0.15) is 0 Å². The van der Waals surface area contributed by atoms with Crippen LogP contribution in [-0.4, -0.2) is 62.6 Å². The number of amides is 3. The number of hydrogen-bond acceptors (Lipinski definition) is 7. The molecule has 1 fully saturated rings. The summed E-state index contributed by atoms with van der Waals surface area (Å²) in [6.45, 7) is 2.96. The van der Waals surface area contributed by atoms with Gasteiger partial charge in [-0.3, -0.25) is 14.9 Å². The number of nitrogens with one attached hydrogen (secondary N) is 2. The molecule has 0 atom stereocenters. The largest absolute Gasteiger partial charge is 0.497 e. The number of ether oxygens (including phenoxy) is 3. The molecule has 1 saturated heterocycles. The molecule has 9 nitrogen and oxygen atoms in total. The van der Waals surface area contributed by atoms with Crippen molar-refractivity contribution in [2.45, 2.75) is 19.3 Å². The fourth-order valence-corrected chi connectivity index (χ4v) is 4.14. The maximum atomic E-state index is 12.7. The number of piperidine rings is 1. The predicted octanol–water partition coefficient (Wildman–Crippen LogP) is 3.10. The maximum Gasteiger partial charge on any atom is 0.325 e. The third-order valence-electron chi connectivity index (χ3n) is 6.04. The molecule has 2 aliphatic heterocycles. The van der Waals surface area contributed by atoms with E-state index in [2.05, 4.69) is 15.5 Å². The average Bonchev–Trinajstić information content (AvgIpc) is 2.87. The second kappa shape index (κ2) is 11.0. The fourth-order valence-electron chi connectivity index (χ4n) is 4.14. The van der Waals surface area contributed by atoms with Crippen LogP contribution in [0.2, 0.25) is 0 Å². The normalized spacial score (nSPS) is 15.9. The number of methoxy groups -OCH3 is 1. The highest BCUT2D eigenvalue weighted by atomic mass is 16.6. The van der Waals surface area contributed by atoms with E-state index in [9.17, 15) is 14.4 Å². The number of likely N-dealkylation sites (tertiary alicyclic amines) is 1. The summed E-state index contributed by atoms with van der Waals surface area (Å²) >= 11 is 0. The second-order valence-electron chi connectivity index (χ2n) is 8.32. The molecule has 2 aromatic rings. The number of hydrogen-bond donors (Lipinski definition) is 2. The topological polar surface area (TPSA) is 106 Å². The van der Waals surface area contributed by atoms with Gasteiger partial charge < -0.3 is 24.4 Å². The van der Waals surface area contributed by atoms with Crippen LogP contribution < -0.4 is 24.8 Å². The van der Waals surface area contributed by atoms with E-state index < -0.39 is 6.03 Å².